The number of ether oxygens (including phenoxy) is 1. The SMILES string of the molecule is CC[C@@H]1CCN(C(=O)Nc2ccc(C)c(-c3cc(CO)nc(N4CCOCC4)c3)c2)C1. The van der Waals surface area contributed by atoms with Crippen molar-refractivity contribution in [3.05, 3.63) is 41.6 Å². The molecule has 2 fully saturated rings. The number of aromatic nitrogens is 1. The highest BCUT2D eigenvalue weighted by molar-refractivity contribution is 5.90. The van der Waals surface area contributed by atoms with E-state index in [1.54, 1.807) is 0 Å². The molecule has 31 heavy (non-hydrogen) atoms. The van der Waals surface area contributed by atoms with Crippen LogP contribution in [0.1, 0.15) is 31.0 Å². The quantitative estimate of drug-likeness (QED) is 0.766. The van der Waals surface area contributed by atoms with E-state index in [-0.39, 0.29) is 12.6 Å². The molecule has 2 saturated heterocycles. The summed E-state index contributed by atoms with van der Waals surface area (Å²) in [5, 5.41) is 12.8. The van der Waals surface area contributed by atoms with Gasteiger partial charge in [-0.25, -0.2) is 9.78 Å². The monoisotopic (exact) mass is 424 g/mol. The molecule has 0 aliphatic carbocycles. The van der Waals surface area contributed by atoms with Crippen LogP contribution < -0.4 is 10.2 Å². The van der Waals surface area contributed by atoms with Crippen molar-refractivity contribution >= 4 is 17.5 Å². The Morgan fingerprint density at radius 3 is 2.74 bits per heavy atom. The van der Waals surface area contributed by atoms with Gasteiger partial charge < -0.3 is 25.0 Å². The summed E-state index contributed by atoms with van der Waals surface area (Å²) in [6, 6.07) is 9.93. The van der Waals surface area contributed by atoms with Crippen LogP contribution in [-0.2, 0) is 11.3 Å². The van der Waals surface area contributed by atoms with Crippen LogP contribution in [0.25, 0.3) is 11.1 Å². The van der Waals surface area contributed by atoms with Crippen molar-refractivity contribution in [2.75, 3.05) is 49.6 Å². The molecule has 0 unspecified atom stereocenters. The molecule has 2 N–H and O–H groups in total. The van der Waals surface area contributed by atoms with Crippen molar-refractivity contribution in [3.8, 4) is 11.1 Å². The number of carbonyl (C=O) groups excluding carboxylic acids is 1. The fraction of sp³-hybridized carbons (Fsp3) is 0.500. The first kappa shape index (κ1) is 21.6. The van der Waals surface area contributed by atoms with E-state index < -0.39 is 0 Å². The molecule has 0 bridgehead atoms. The predicted octanol–water partition coefficient (Wildman–Crippen LogP) is 3.65. The third-order valence-corrected chi connectivity index (χ3v) is 6.31. The standard InChI is InChI=1S/C24H32N4O3/c1-3-18-6-7-28(15-18)24(30)26-20-5-4-17(2)22(14-20)19-12-21(16-29)25-23(13-19)27-8-10-31-11-9-27/h4-5,12-14,18,29H,3,6-11,15-16H2,1-2H3,(H,26,30)/t18-/m1/s1. The van der Waals surface area contributed by atoms with Gasteiger partial charge in [0.05, 0.1) is 25.5 Å². The average molecular weight is 425 g/mol. The number of hydrogen-bond acceptors (Lipinski definition) is 5. The second-order valence-electron chi connectivity index (χ2n) is 8.43. The van der Waals surface area contributed by atoms with Crippen LogP contribution >= 0.6 is 0 Å². The molecule has 2 aromatic rings. The van der Waals surface area contributed by atoms with Crippen molar-refractivity contribution in [1.82, 2.24) is 9.88 Å². The smallest absolute Gasteiger partial charge is 0.321 e. The predicted molar refractivity (Wildman–Crippen MR) is 122 cm³/mol. The van der Waals surface area contributed by atoms with Crippen LogP contribution in [0.3, 0.4) is 0 Å². The molecule has 2 aliphatic rings. The Kier molecular flexibility index (Phi) is 6.73. The molecule has 1 atom stereocenters. The van der Waals surface area contributed by atoms with Gasteiger partial charge >= 0.3 is 6.03 Å². The lowest BCUT2D eigenvalue weighted by atomic mass is 9.99. The van der Waals surface area contributed by atoms with E-state index >= 15 is 0 Å². The van der Waals surface area contributed by atoms with Gasteiger partial charge in [0.15, 0.2) is 0 Å². The molecule has 7 heteroatoms. The van der Waals surface area contributed by atoms with Crippen molar-refractivity contribution < 1.29 is 14.6 Å². The molecule has 2 amide bonds. The number of aliphatic hydroxyl groups excluding tert-OH is 1. The van der Waals surface area contributed by atoms with E-state index in [0.29, 0.717) is 24.8 Å². The molecule has 2 aliphatic heterocycles. The lowest BCUT2D eigenvalue weighted by Gasteiger charge is -2.28. The van der Waals surface area contributed by atoms with E-state index in [0.717, 1.165) is 67.2 Å². The summed E-state index contributed by atoms with van der Waals surface area (Å²) in [5.74, 6) is 1.45. The Hall–Kier alpha value is -2.64. The maximum Gasteiger partial charge on any atom is 0.321 e. The summed E-state index contributed by atoms with van der Waals surface area (Å²) >= 11 is 0. The molecular formula is C24H32N4O3. The first-order valence-electron chi connectivity index (χ1n) is 11.2. The molecule has 0 saturated carbocycles. The van der Waals surface area contributed by atoms with Gasteiger partial charge in [0.25, 0.3) is 0 Å². The third-order valence-electron chi connectivity index (χ3n) is 6.31. The number of anilines is 2. The highest BCUT2D eigenvalue weighted by atomic mass is 16.5. The van der Waals surface area contributed by atoms with Gasteiger partial charge in [0.2, 0.25) is 0 Å². The van der Waals surface area contributed by atoms with Gasteiger partial charge in [-0.1, -0.05) is 19.4 Å². The van der Waals surface area contributed by atoms with E-state index in [2.05, 4.69) is 35.1 Å². The molecular weight excluding hydrogens is 392 g/mol. The number of likely N-dealkylation sites (tertiary alicyclic amines) is 1. The maximum absolute atomic E-state index is 12.7. The number of carbonyl (C=O) groups is 1. The number of aliphatic hydroxyl groups is 1. The summed E-state index contributed by atoms with van der Waals surface area (Å²) in [7, 11) is 0. The van der Waals surface area contributed by atoms with Crippen molar-refractivity contribution in [2.45, 2.75) is 33.3 Å². The molecule has 4 rings (SSSR count). The largest absolute Gasteiger partial charge is 0.390 e. The number of nitrogens with zero attached hydrogens (tertiary/aromatic N) is 3. The fourth-order valence-electron chi connectivity index (χ4n) is 4.33. The number of amides is 2. The average Bonchev–Trinajstić information content (AvgIpc) is 3.30. The second-order valence-corrected chi connectivity index (χ2v) is 8.43. The van der Waals surface area contributed by atoms with Gasteiger partial charge in [-0.3, -0.25) is 0 Å². The van der Waals surface area contributed by atoms with Gasteiger partial charge in [0, 0.05) is 31.9 Å². The number of aryl methyl sites for hydroxylation is 1. The van der Waals surface area contributed by atoms with Crippen molar-refractivity contribution in [3.63, 3.8) is 0 Å². The molecule has 3 heterocycles. The number of rotatable bonds is 5. The van der Waals surface area contributed by atoms with Crippen LogP contribution in [-0.4, -0.2) is 60.4 Å². The maximum atomic E-state index is 12.7. The normalized spacial score (nSPS) is 19.0. The third kappa shape index (κ3) is 4.99. The first-order valence-corrected chi connectivity index (χ1v) is 11.2. The lowest BCUT2D eigenvalue weighted by Crippen LogP contribution is -2.36. The zero-order valence-corrected chi connectivity index (χ0v) is 18.4. The Labute approximate surface area is 184 Å². The molecule has 1 aromatic heterocycles. The summed E-state index contributed by atoms with van der Waals surface area (Å²) < 4.78 is 5.46. The van der Waals surface area contributed by atoms with E-state index in [9.17, 15) is 9.90 Å². The summed E-state index contributed by atoms with van der Waals surface area (Å²) in [6.45, 7) is 8.68. The molecule has 7 nitrogen and oxygen atoms in total. The number of urea groups is 1. The van der Waals surface area contributed by atoms with Crippen molar-refractivity contribution in [2.24, 2.45) is 5.92 Å². The van der Waals surface area contributed by atoms with Gasteiger partial charge in [-0.2, -0.15) is 0 Å². The molecule has 0 radical (unpaired) electrons. The van der Waals surface area contributed by atoms with Crippen molar-refractivity contribution in [1.29, 1.82) is 0 Å². The molecule has 166 valence electrons. The Balaban J connectivity index is 1.58. The van der Waals surface area contributed by atoms with Crippen LogP contribution in [0, 0.1) is 12.8 Å². The number of pyridine rings is 1. The number of hydrogen-bond donors (Lipinski definition) is 2. The minimum atomic E-state index is -0.117. The first-order chi connectivity index (χ1) is 15.1. The van der Waals surface area contributed by atoms with Gasteiger partial charge in [0.1, 0.15) is 5.82 Å². The highest BCUT2D eigenvalue weighted by Gasteiger charge is 2.25. The van der Waals surface area contributed by atoms with Crippen LogP contribution in [0.4, 0.5) is 16.3 Å². The van der Waals surface area contributed by atoms with E-state index in [1.165, 1.54) is 0 Å². The summed E-state index contributed by atoms with van der Waals surface area (Å²) in [6.07, 6.45) is 2.19. The Morgan fingerprint density at radius 1 is 1.23 bits per heavy atom. The summed E-state index contributed by atoms with van der Waals surface area (Å²) in [4.78, 5) is 21.4. The molecule has 0 spiro atoms. The van der Waals surface area contributed by atoms with Gasteiger partial charge in [-0.05, 0) is 60.2 Å². The topological polar surface area (TPSA) is 77.9 Å². The fourth-order valence-corrected chi connectivity index (χ4v) is 4.33. The Bertz CT molecular complexity index is 927. The highest BCUT2D eigenvalue weighted by Crippen LogP contribution is 2.30. The van der Waals surface area contributed by atoms with E-state index in [4.69, 9.17) is 4.74 Å². The minimum Gasteiger partial charge on any atom is -0.390 e. The lowest BCUT2D eigenvalue weighted by molar-refractivity contribution is 0.122. The van der Waals surface area contributed by atoms with E-state index in [1.807, 2.05) is 29.2 Å². The number of morpholine rings is 1. The van der Waals surface area contributed by atoms with Crippen LogP contribution in [0.15, 0.2) is 30.3 Å². The zero-order chi connectivity index (χ0) is 21.8. The zero-order valence-electron chi connectivity index (χ0n) is 18.4. The number of nitrogens with one attached hydrogen (secondary N) is 1. The summed E-state index contributed by atoms with van der Waals surface area (Å²) in [5.41, 5.74) is 4.53. The van der Waals surface area contributed by atoms with Crippen LogP contribution in [0.2, 0.25) is 0 Å². The van der Waals surface area contributed by atoms with Crippen LogP contribution in [0.5, 0.6) is 0 Å². The number of benzene rings is 1. The molecule has 1 aromatic carbocycles. The minimum absolute atomic E-state index is 0.0365. The van der Waals surface area contributed by atoms with Gasteiger partial charge in [-0.15, -0.1) is 0 Å². The second kappa shape index (κ2) is 9.66. The Morgan fingerprint density at radius 2 is 2.03 bits per heavy atom.